The molecule has 214 valence electrons. The molecule has 2 atom stereocenters. The number of ether oxygens (including phenoxy) is 1. The molecule has 0 aliphatic heterocycles. The van der Waals surface area contributed by atoms with E-state index in [0.717, 1.165) is 49.0 Å². The SMILES string of the molecule is CCCCCCCCCCCCCOc1ccc(O)c(C=N[C@@H]2CCCC[C@H]2N=Cc2cc(C)ccc2O)c1. The van der Waals surface area contributed by atoms with Crippen LogP contribution in [-0.2, 0) is 0 Å². The first-order chi connectivity index (χ1) is 19.1. The van der Waals surface area contributed by atoms with Gasteiger partial charge in [-0.3, -0.25) is 9.98 Å². The second-order valence-corrected chi connectivity index (χ2v) is 11.1. The van der Waals surface area contributed by atoms with Crippen molar-refractivity contribution in [2.24, 2.45) is 9.98 Å². The van der Waals surface area contributed by atoms with Crippen molar-refractivity contribution in [3.63, 3.8) is 0 Å². The number of hydrogen-bond acceptors (Lipinski definition) is 5. The van der Waals surface area contributed by atoms with Gasteiger partial charge >= 0.3 is 0 Å². The zero-order valence-electron chi connectivity index (χ0n) is 24.3. The first-order valence-corrected chi connectivity index (χ1v) is 15.4. The molecule has 0 amide bonds. The second kappa shape index (κ2) is 17.7. The van der Waals surface area contributed by atoms with Crippen LogP contribution in [0.5, 0.6) is 17.2 Å². The quantitative estimate of drug-likeness (QED) is 0.157. The lowest BCUT2D eigenvalue weighted by molar-refractivity contribution is 0.303. The van der Waals surface area contributed by atoms with E-state index in [2.05, 4.69) is 6.92 Å². The summed E-state index contributed by atoms with van der Waals surface area (Å²) >= 11 is 0. The maximum atomic E-state index is 10.4. The van der Waals surface area contributed by atoms with E-state index in [0.29, 0.717) is 12.2 Å². The molecule has 0 radical (unpaired) electrons. The summed E-state index contributed by atoms with van der Waals surface area (Å²) in [5, 5.41) is 20.6. The van der Waals surface area contributed by atoms with Gasteiger partial charge in [0.2, 0.25) is 0 Å². The van der Waals surface area contributed by atoms with Gasteiger partial charge in [-0.25, -0.2) is 0 Å². The summed E-state index contributed by atoms with van der Waals surface area (Å²) in [6.45, 7) is 4.97. The molecule has 5 nitrogen and oxygen atoms in total. The van der Waals surface area contributed by atoms with Crippen molar-refractivity contribution in [3.05, 3.63) is 53.1 Å². The summed E-state index contributed by atoms with van der Waals surface area (Å²) < 4.78 is 5.99. The van der Waals surface area contributed by atoms with Gasteiger partial charge < -0.3 is 14.9 Å². The van der Waals surface area contributed by atoms with Gasteiger partial charge in [0.05, 0.1) is 18.7 Å². The highest BCUT2D eigenvalue weighted by molar-refractivity contribution is 5.85. The van der Waals surface area contributed by atoms with Gasteiger partial charge in [-0.05, 0) is 56.5 Å². The van der Waals surface area contributed by atoms with Crippen LogP contribution in [0.15, 0.2) is 46.4 Å². The van der Waals surface area contributed by atoms with Crippen LogP contribution in [0, 0.1) is 6.92 Å². The van der Waals surface area contributed by atoms with E-state index in [1.54, 1.807) is 24.6 Å². The number of aromatic hydroxyl groups is 2. The van der Waals surface area contributed by atoms with E-state index in [9.17, 15) is 10.2 Å². The summed E-state index contributed by atoms with van der Waals surface area (Å²) in [5.74, 6) is 1.23. The molecular weight excluding hydrogens is 484 g/mol. The number of aliphatic imine (C=N–C) groups is 2. The number of phenols is 2. The molecule has 1 saturated carbocycles. The third-order valence-electron chi connectivity index (χ3n) is 7.70. The normalized spacial score (nSPS) is 17.8. The number of rotatable bonds is 17. The van der Waals surface area contributed by atoms with Gasteiger partial charge in [0.25, 0.3) is 0 Å². The fourth-order valence-corrected chi connectivity index (χ4v) is 5.25. The number of unbranched alkanes of at least 4 members (excludes halogenated alkanes) is 10. The van der Waals surface area contributed by atoms with Crippen LogP contribution in [0.3, 0.4) is 0 Å². The summed E-state index contributed by atoms with van der Waals surface area (Å²) in [6, 6.07) is 11.1. The van der Waals surface area contributed by atoms with Crippen molar-refractivity contribution in [1.29, 1.82) is 0 Å². The fraction of sp³-hybridized carbons (Fsp3) is 0.588. The Kier molecular flexibility index (Phi) is 13.9. The standard InChI is InChI=1S/C34H50N2O3/c1-3-4-5-6-7-8-9-10-11-12-15-22-39-30-19-21-34(38)29(24-30)26-36-32-17-14-13-16-31(32)35-25-28-23-27(2)18-20-33(28)37/h18-21,23-26,31-32,37-38H,3-17,22H2,1-2H3/t31-,32-/m1/s1. The van der Waals surface area contributed by atoms with Crippen LogP contribution in [0.4, 0.5) is 0 Å². The number of nitrogens with zero attached hydrogens (tertiary/aromatic N) is 2. The predicted molar refractivity (Wildman–Crippen MR) is 164 cm³/mol. The number of phenolic OH excluding ortho intramolecular Hbond substituents is 2. The maximum absolute atomic E-state index is 10.4. The minimum atomic E-state index is 0.0577. The van der Waals surface area contributed by atoms with Gasteiger partial charge in [0.15, 0.2) is 0 Å². The van der Waals surface area contributed by atoms with E-state index < -0.39 is 0 Å². The molecule has 1 aliphatic rings. The Morgan fingerprint density at radius 2 is 1.23 bits per heavy atom. The third kappa shape index (κ3) is 11.4. The molecule has 0 spiro atoms. The van der Waals surface area contributed by atoms with Crippen molar-refractivity contribution in [2.45, 2.75) is 122 Å². The smallest absolute Gasteiger partial charge is 0.124 e. The van der Waals surface area contributed by atoms with Crippen molar-refractivity contribution < 1.29 is 14.9 Å². The lowest BCUT2D eigenvalue weighted by Gasteiger charge is -2.25. The van der Waals surface area contributed by atoms with Crippen molar-refractivity contribution in [1.82, 2.24) is 0 Å². The zero-order chi connectivity index (χ0) is 27.7. The molecule has 2 aromatic rings. The average Bonchev–Trinajstić information content (AvgIpc) is 2.94. The summed E-state index contributed by atoms with van der Waals surface area (Å²) in [6.07, 6.45) is 22.2. The Balaban J connectivity index is 1.43. The van der Waals surface area contributed by atoms with Gasteiger partial charge in [0.1, 0.15) is 17.2 Å². The molecule has 0 bridgehead atoms. The molecule has 1 fully saturated rings. The first kappa shape index (κ1) is 30.7. The summed E-state index contributed by atoms with van der Waals surface area (Å²) in [4.78, 5) is 9.64. The highest BCUT2D eigenvalue weighted by Gasteiger charge is 2.23. The number of benzene rings is 2. The van der Waals surface area contributed by atoms with Gasteiger partial charge in [0, 0.05) is 23.6 Å². The monoisotopic (exact) mass is 534 g/mol. The molecule has 0 aromatic heterocycles. The topological polar surface area (TPSA) is 74.4 Å². The minimum Gasteiger partial charge on any atom is -0.507 e. The Bertz CT molecular complexity index is 1030. The maximum Gasteiger partial charge on any atom is 0.124 e. The highest BCUT2D eigenvalue weighted by Crippen LogP contribution is 2.27. The second-order valence-electron chi connectivity index (χ2n) is 11.1. The van der Waals surface area contributed by atoms with Crippen molar-refractivity contribution >= 4 is 12.4 Å². The van der Waals surface area contributed by atoms with Crippen molar-refractivity contribution in [3.8, 4) is 17.2 Å². The van der Waals surface area contributed by atoms with Crippen LogP contribution in [-0.4, -0.2) is 41.3 Å². The summed E-state index contributed by atoms with van der Waals surface area (Å²) in [7, 11) is 0. The minimum absolute atomic E-state index is 0.0577. The fourth-order valence-electron chi connectivity index (χ4n) is 5.25. The average molecular weight is 535 g/mol. The predicted octanol–water partition coefficient (Wildman–Crippen LogP) is 8.95. The van der Waals surface area contributed by atoms with Crippen molar-refractivity contribution in [2.75, 3.05) is 6.61 Å². The molecule has 5 heteroatoms. The molecule has 2 aromatic carbocycles. The molecular formula is C34H50N2O3. The summed E-state index contributed by atoms with van der Waals surface area (Å²) in [5.41, 5.74) is 2.51. The Labute approximate surface area is 236 Å². The number of aryl methyl sites for hydroxylation is 1. The van der Waals surface area contributed by atoms with E-state index in [1.165, 1.54) is 64.2 Å². The molecule has 39 heavy (non-hydrogen) atoms. The Hall–Kier alpha value is -2.82. The van der Waals surface area contributed by atoms with E-state index >= 15 is 0 Å². The molecule has 2 N–H and O–H groups in total. The Morgan fingerprint density at radius 3 is 1.82 bits per heavy atom. The Morgan fingerprint density at radius 1 is 0.718 bits per heavy atom. The first-order valence-electron chi connectivity index (χ1n) is 15.4. The van der Waals surface area contributed by atoms with Gasteiger partial charge in [-0.2, -0.15) is 0 Å². The number of hydrogen-bond donors (Lipinski definition) is 2. The third-order valence-corrected chi connectivity index (χ3v) is 7.70. The van der Waals surface area contributed by atoms with Crippen LogP contribution >= 0.6 is 0 Å². The van der Waals surface area contributed by atoms with Crippen LogP contribution in [0.2, 0.25) is 0 Å². The molecule has 0 saturated heterocycles. The lowest BCUT2D eigenvalue weighted by atomic mass is 9.91. The van der Waals surface area contributed by atoms with E-state index in [-0.39, 0.29) is 23.6 Å². The largest absolute Gasteiger partial charge is 0.507 e. The zero-order valence-corrected chi connectivity index (χ0v) is 24.3. The molecule has 0 heterocycles. The molecule has 0 unspecified atom stereocenters. The molecule has 3 rings (SSSR count). The van der Waals surface area contributed by atoms with Crippen LogP contribution < -0.4 is 4.74 Å². The van der Waals surface area contributed by atoms with Gasteiger partial charge in [-0.15, -0.1) is 0 Å². The van der Waals surface area contributed by atoms with Gasteiger partial charge in [-0.1, -0.05) is 95.6 Å². The van der Waals surface area contributed by atoms with Crippen LogP contribution in [0.1, 0.15) is 120 Å². The van der Waals surface area contributed by atoms with Crippen LogP contribution in [0.25, 0.3) is 0 Å². The highest BCUT2D eigenvalue weighted by atomic mass is 16.5. The molecule has 1 aliphatic carbocycles. The van der Waals surface area contributed by atoms with E-state index in [4.69, 9.17) is 14.7 Å². The van der Waals surface area contributed by atoms with E-state index in [1.807, 2.05) is 31.2 Å². The lowest BCUT2D eigenvalue weighted by Crippen LogP contribution is -2.27.